The van der Waals surface area contributed by atoms with E-state index in [0.29, 0.717) is 13.1 Å². The summed E-state index contributed by atoms with van der Waals surface area (Å²) in [5, 5.41) is 1.71. The van der Waals surface area contributed by atoms with Crippen molar-refractivity contribution in [2.24, 2.45) is 0 Å². The first-order valence-electron chi connectivity index (χ1n) is 11.8. The van der Waals surface area contributed by atoms with Gasteiger partial charge in [-0.05, 0) is 80.4 Å². The number of amides is 1. The predicted octanol–water partition coefficient (Wildman–Crippen LogP) is 3.22. The summed E-state index contributed by atoms with van der Waals surface area (Å²) < 4.78 is 38.6. The first kappa shape index (κ1) is 25.0. The van der Waals surface area contributed by atoms with E-state index in [0.717, 1.165) is 74.5 Å². The van der Waals surface area contributed by atoms with Crippen LogP contribution in [-0.2, 0) is 27.8 Å². The van der Waals surface area contributed by atoms with E-state index >= 15 is 0 Å². The third kappa shape index (κ3) is 6.50. The molecule has 4 rings (SSSR count). The smallest absolute Gasteiger partial charge is 0.250 e. The number of rotatable bonds is 4. The van der Waals surface area contributed by atoms with Crippen molar-refractivity contribution in [3.8, 4) is 11.5 Å². The van der Waals surface area contributed by atoms with E-state index < -0.39 is 10.0 Å². The first-order chi connectivity index (χ1) is 16.4. The van der Waals surface area contributed by atoms with E-state index in [1.807, 2.05) is 4.90 Å². The van der Waals surface area contributed by atoms with Crippen LogP contribution in [0.25, 0.3) is 0 Å². The van der Waals surface area contributed by atoms with Crippen LogP contribution in [-0.4, -0.2) is 64.1 Å². The highest BCUT2D eigenvalue weighted by molar-refractivity contribution is 7.91. The fourth-order valence-electron chi connectivity index (χ4n) is 4.37. The molecule has 2 aliphatic rings. The maximum absolute atomic E-state index is 12.9. The molecule has 0 fully saturated rings. The van der Waals surface area contributed by atoms with Gasteiger partial charge in [0.15, 0.2) is 11.5 Å². The average Bonchev–Trinajstić information content (AvgIpc) is 3.50. The van der Waals surface area contributed by atoms with Gasteiger partial charge in [0.1, 0.15) is 4.21 Å². The molecule has 0 atom stereocenters. The lowest BCUT2D eigenvalue weighted by atomic mass is 9.99. The maximum Gasteiger partial charge on any atom is 0.250 e. The molecule has 0 saturated heterocycles. The zero-order valence-electron chi connectivity index (χ0n) is 19.6. The Bertz CT molecular complexity index is 1070. The number of benzene rings is 1. The molecule has 2 aromatic rings. The Morgan fingerprint density at radius 1 is 1.03 bits per heavy atom. The van der Waals surface area contributed by atoms with Crippen molar-refractivity contribution in [1.29, 1.82) is 0 Å². The molecule has 186 valence electrons. The summed E-state index contributed by atoms with van der Waals surface area (Å²) in [5.41, 5.74) is 2.59. The molecule has 1 N–H and O–H groups in total. The molecule has 8 nitrogen and oxygen atoms in total. The van der Waals surface area contributed by atoms with Crippen LogP contribution in [0.4, 0.5) is 0 Å². The lowest BCUT2D eigenvalue weighted by Gasteiger charge is -2.25. The second kappa shape index (κ2) is 11.5. The van der Waals surface area contributed by atoms with Gasteiger partial charge < -0.3 is 19.3 Å². The number of sulfonamides is 1. The molecule has 0 bridgehead atoms. The van der Waals surface area contributed by atoms with Gasteiger partial charge in [-0.15, -0.1) is 11.3 Å². The number of nitrogens with zero attached hydrogens (tertiary/aromatic N) is 2. The number of carbonyl (C=O) groups is 1. The van der Waals surface area contributed by atoms with E-state index in [2.05, 4.69) is 28.8 Å². The molecular weight excluding hydrogens is 474 g/mol. The Labute approximate surface area is 205 Å². The first-order valence-corrected chi connectivity index (χ1v) is 14.2. The monoisotopic (exact) mass is 507 g/mol. The lowest BCUT2D eigenvalue weighted by molar-refractivity contribution is -0.130. The van der Waals surface area contributed by atoms with Crippen LogP contribution in [0.1, 0.15) is 43.2 Å². The summed E-state index contributed by atoms with van der Waals surface area (Å²) in [6.45, 7) is 3.12. The topological polar surface area (TPSA) is 88.2 Å². The van der Waals surface area contributed by atoms with E-state index in [1.54, 1.807) is 17.5 Å². The van der Waals surface area contributed by atoms with Crippen molar-refractivity contribution in [2.45, 2.75) is 49.3 Å². The Morgan fingerprint density at radius 2 is 1.74 bits per heavy atom. The van der Waals surface area contributed by atoms with Gasteiger partial charge in [-0.3, -0.25) is 4.79 Å². The largest absolute Gasteiger partial charge is 0.454 e. The van der Waals surface area contributed by atoms with E-state index in [9.17, 15) is 13.2 Å². The molecule has 2 aliphatic heterocycles. The van der Waals surface area contributed by atoms with Crippen LogP contribution in [0, 0.1) is 0 Å². The van der Waals surface area contributed by atoms with E-state index in [-0.39, 0.29) is 23.5 Å². The number of hydrogen-bond acceptors (Lipinski definition) is 7. The minimum atomic E-state index is -3.64. The molecule has 0 radical (unpaired) electrons. The molecule has 1 aromatic carbocycles. The predicted molar refractivity (Wildman–Crippen MR) is 132 cm³/mol. The number of fused-ring (bicyclic) bond motifs is 2. The van der Waals surface area contributed by atoms with Crippen LogP contribution < -0.4 is 14.2 Å². The van der Waals surface area contributed by atoms with Crippen molar-refractivity contribution in [1.82, 2.24) is 14.5 Å². The number of nitrogens with one attached hydrogen (secondary N) is 1. The van der Waals surface area contributed by atoms with Crippen molar-refractivity contribution in [3.05, 3.63) is 40.8 Å². The molecular formula is C24H33N3O5S2. The molecule has 1 aromatic heterocycles. The Hall–Kier alpha value is -2.14. The van der Waals surface area contributed by atoms with Crippen molar-refractivity contribution in [2.75, 3.05) is 40.0 Å². The second-order valence-corrected chi connectivity index (χ2v) is 11.8. The SMILES string of the molecule is CN1CCCCN(C(=O)CNS(=O)(=O)c2cccs2)CCCCCc2cc3c(cc2C1)OCO3. The summed E-state index contributed by atoms with van der Waals surface area (Å²) in [6, 6.07) is 7.47. The third-order valence-corrected chi connectivity index (χ3v) is 9.05. The molecule has 0 saturated carbocycles. The molecule has 0 unspecified atom stereocenters. The summed E-state index contributed by atoms with van der Waals surface area (Å²) >= 11 is 1.14. The maximum atomic E-state index is 12.9. The highest BCUT2D eigenvalue weighted by Gasteiger charge is 2.21. The van der Waals surface area contributed by atoms with Gasteiger partial charge in [0.2, 0.25) is 12.7 Å². The van der Waals surface area contributed by atoms with Gasteiger partial charge in [0.25, 0.3) is 10.0 Å². The minimum Gasteiger partial charge on any atom is -0.454 e. The number of hydrogen-bond donors (Lipinski definition) is 1. The molecule has 3 heterocycles. The quantitative estimate of drug-likeness (QED) is 0.684. The number of aryl methyl sites for hydroxylation is 1. The number of carbonyl (C=O) groups excluding carboxylic acids is 1. The van der Waals surface area contributed by atoms with Gasteiger partial charge in [-0.1, -0.05) is 12.5 Å². The standard InChI is InChI=1S/C24H33N3O5S2/c1-26-10-5-6-12-27(23(28)16-25-34(29,30)24-9-7-13-33-24)11-4-2-3-8-19-14-21-22(32-18-31-21)15-20(19)17-26/h7,9,13-15,25H,2-6,8,10-12,16-18H2,1H3. The van der Waals surface area contributed by atoms with E-state index in [4.69, 9.17) is 9.47 Å². The van der Waals surface area contributed by atoms with Gasteiger partial charge >= 0.3 is 0 Å². The normalized spacial score (nSPS) is 18.3. The Balaban J connectivity index is 1.36. The third-order valence-electron chi connectivity index (χ3n) is 6.25. The van der Waals surface area contributed by atoms with Crippen LogP contribution in [0.5, 0.6) is 11.5 Å². The molecule has 0 spiro atoms. The van der Waals surface area contributed by atoms with Gasteiger partial charge in [-0.2, -0.15) is 0 Å². The fourth-order valence-corrected chi connectivity index (χ4v) is 6.38. The van der Waals surface area contributed by atoms with Crippen LogP contribution in [0.3, 0.4) is 0 Å². The van der Waals surface area contributed by atoms with Crippen molar-refractivity contribution >= 4 is 27.3 Å². The summed E-state index contributed by atoms with van der Waals surface area (Å²) in [5.74, 6) is 1.49. The van der Waals surface area contributed by atoms with Crippen molar-refractivity contribution < 1.29 is 22.7 Å². The van der Waals surface area contributed by atoms with Gasteiger partial charge in [-0.25, -0.2) is 13.1 Å². The van der Waals surface area contributed by atoms with Crippen LogP contribution >= 0.6 is 11.3 Å². The lowest BCUT2D eigenvalue weighted by Crippen LogP contribution is -2.41. The highest BCUT2D eigenvalue weighted by Crippen LogP contribution is 2.36. The second-order valence-electron chi connectivity index (χ2n) is 8.87. The molecule has 34 heavy (non-hydrogen) atoms. The van der Waals surface area contributed by atoms with Crippen molar-refractivity contribution in [3.63, 3.8) is 0 Å². The average molecular weight is 508 g/mol. The van der Waals surface area contributed by atoms with Crippen LogP contribution in [0.2, 0.25) is 0 Å². The van der Waals surface area contributed by atoms with Gasteiger partial charge in [0.05, 0.1) is 6.54 Å². The van der Waals surface area contributed by atoms with Crippen LogP contribution in [0.15, 0.2) is 33.9 Å². The highest BCUT2D eigenvalue weighted by atomic mass is 32.2. The molecule has 0 aliphatic carbocycles. The summed E-state index contributed by atoms with van der Waals surface area (Å²) in [6.07, 6.45) is 5.69. The van der Waals surface area contributed by atoms with Gasteiger partial charge in [0, 0.05) is 19.6 Å². The summed E-state index contributed by atoms with van der Waals surface area (Å²) in [4.78, 5) is 17.0. The van der Waals surface area contributed by atoms with E-state index in [1.165, 1.54) is 11.1 Å². The molecule has 10 heteroatoms. The Morgan fingerprint density at radius 3 is 2.47 bits per heavy atom. The minimum absolute atomic E-state index is 0.168. The summed E-state index contributed by atoms with van der Waals surface area (Å²) in [7, 11) is -1.53. The number of ether oxygens (including phenoxy) is 2. The zero-order chi connectivity index (χ0) is 24.0. The zero-order valence-corrected chi connectivity index (χ0v) is 21.3. The number of thiophene rings is 1. The fraction of sp³-hybridized carbons (Fsp3) is 0.542. The Kier molecular flexibility index (Phi) is 8.46. The molecule has 1 amide bonds.